The first-order valence-corrected chi connectivity index (χ1v) is 9.28. The van der Waals surface area contributed by atoms with Gasteiger partial charge in [-0.3, -0.25) is 9.89 Å². The minimum absolute atomic E-state index is 0.191. The molecule has 22 heavy (non-hydrogen) atoms. The van der Waals surface area contributed by atoms with Crippen LogP contribution >= 0.6 is 0 Å². The van der Waals surface area contributed by atoms with Gasteiger partial charge in [-0.1, -0.05) is 0 Å². The van der Waals surface area contributed by atoms with Gasteiger partial charge in [0, 0.05) is 24.7 Å². The SMILES string of the molecule is Cc1cc([C@H]2CCCN(C(=O)C(C)(C)NS(C)(=O)=O)C2)n[nH]1. The van der Waals surface area contributed by atoms with Crippen molar-refractivity contribution in [3.63, 3.8) is 0 Å². The number of aromatic amines is 1. The molecule has 124 valence electrons. The Labute approximate surface area is 131 Å². The number of likely N-dealkylation sites (tertiary alicyclic amines) is 1. The number of aromatic nitrogens is 2. The molecule has 1 fully saturated rings. The van der Waals surface area contributed by atoms with Gasteiger partial charge in [0.2, 0.25) is 15.9 Å². The molecule has 1 aliphatic rings. The maximum atomic E-state index is 12.7. The van der Waals surface area contributed by atoms with E-state index < -0.39 is 15.6 Å². The zero-order chi connectivity index (χ0) is 16.5. The Morgan fingerprint density at radius 2 is 2.18 bits per heavy atom. The smallest absolute Gasteiger partial charge is 0.243 e. The second kappa shape index (κ2) is 6.00. The van der Waals surface area contributed by atoms with Gasteiger partial charge >= 0.3 is 0 Å². The number of aryl methyl sites for hydroxylation is 1. The topological polar surface area (TPSA) is 95.2 Å². The maximum absolute atomic E-state index is 12.7. The molecule has 0 radical (unpaired) electrons. The van der Waals surface area contributed by atoms with Gasteiger partial charge in [-0.05, 0) is 39.7 Å². The van der Waals surface area contributed by atoms with Crippen molar-refractivity contribution in [1.82, 2.24) is 19.8 Å². The summed E-state index contributed by atoms with van der Waals surface area (Å²) in [6.45, 7) is 6.35. The molecule has 1 aromatic heterocycles. The number of H-pyrrole nitrogens is 1. The molecule has 1 aliphatic heterocycles. The third-order valence-corrected chi connectivity index (χ3v) is 4.71. The second-order valence-corrected chi connectivity index (χ2v) is 8.31. The molecule has 0 saturated carbocycles. The number of carbonyl (C=O) groups is 1. The average molecular weight is 328 g/mol. The number of hydrogen-bond donors (Lipinski definition) is 2. The van der Waals surface area contributed by atoms with E-state index >= 15 is 0 Å². The van der Waals surface area contributed by atoms with Crippen LogP contribution < -0.4 is 4.72 Å². The summed E-state index contributed by atoms with van der Waals surface area (Å²) in [5.41, 5.74) is 0.818. The van der Waals surface area contributed by atoms with Gasteiger partial charge < -0.3 is 4.90 Å². The summed E-state index contributed by atoms with van der Waals surface area (Å²) in [4.78, 5) is 14.4. The van der Waals surface area contributed by atoms with Crippen LogP contribution in [0.4, 0.5) is 0 Å². The Balaban J connectivity index is 2.10. The zero-order valence-electron chi connectivity index (χ0n) is 13.5. The van der Waals surface area contributed by atoms with Crippen molar-refractivity contribution < 1.29 is 13.2 Å². The Hall–Kier alpha value is -1.41. The summed E-state index contributed by atoms with van der Waals surface area (Å²) in [6, 6.07) is 2.00. The van der Waals surface area contributed by atoms with Crippen LogP contribution in [-0.2, 0) is 14.8 Å². The molecule has 7 nitrogen and oxygen atoms in total. The number of hydrogen-bond acceptors (Lipinski definition) is 4. The van der Waals surface area contributed by atoms with E-state index in [2.05, 4.69) is 14.9 Å². The van der Waals surface area contributed by atoms with Crippen LogP contribution in [0.15, 0.2) is 6.07 Å². The molecule has 1 saturated heterocycles. The molecule has 2 N–H and O–H groups in total. The molecule has 0 unspecified atom stereocenters. The normalized spacial score (nSPS) is 20.2. The molecule has 0 bridgehead atoms. The molecule has 1 atom stereocenters. The number of sulfonamides is 1. The first kappa shape index (κ1) is 17.0. The lowest BCUT2D eigenvalue weighted by Gasteiger charge is -2.37. The molecule has 0 aliphatic carbocycles. The van der Waals surface area contributed by atoms with Crippen LogP contribution in [0.3, 0.4) is 0 Å². The van der Waals surface area contributed by atoms with Gasteiger partial charge in [0.15, 0.2) is 0 Å². The quantitative estimate of drug-likeness (QED) is 0.853. The van der Waals surface area contributed by atoms with E-state index in [9.17, 15) is 13.2 Å². The fourth-order valence-electron chi connectivity index (χ4n) is 2.95. The highest BCUT2D eigenvalue weighted by Crippen LogP contribution is 2.27. The third kappa shape index (κ3) is 4.07. The van der Waals surface area contributed by atoms with E-state index in [4.69, 9.17) is 0 Å². The van der Waals surface area contributed by atoms with Crippen molar-refractivity contribution in [2.24, 2.45) is 0 Å². The largest absolute Gasteiger partial charge is 0.340 e. The Morgan fingerprint density at radius 1 is 1.50 bits per heavy atom. The summed E-state index contributed by atoms with van der Waals surface area (Å²) < 4.78 is 25.3. The lowest BCUT2D eigenvalue weighted by atomic mass is 9.93. The predicted molar refractivity (Wildman–Crippen MR) is 83.9 cm³/mol. The number of carbonyl (C=O) groups excluding carboxylic acids is 1. The average Bonchev–Trinajstić information content (AvgIpc) is 2.82. The van der Waals surface area contributed by atoms with Crippen molar-refractivity contribution in [3.8, 4) is 0 Å². The standard InChI is InChI=1S/C14H24N4O3S/c1-10-8-12(16-15-10)11-6-5-7-18(9-11)13(19)14(2,3)17-22(4,20)21/h8,11,17H,5-7,9H2,1-4H3,(H,15,16)/t11-/m0/s1. The van der Waals surface area contributed by atoms with Crippen LogP contribution in [0.25, 0.3) is 0 Å². The molecule has 1 aromatic rings. The highest BCUT2D eigenvalue weighted by molar-refractivity contribution is 7.88. The lowest BCUT2D eigenvalue weighted by Crippen LogP contribution is -2.57. The minimum Gasteiger partial charge on any atom is -0.340 e. The van der Waals surface area contributed by atoms with Crippen LogP contribution in [-0.4, -0.2) is 54.3 Å². The van der Waals surface area contributed by atoms with E-state index in [0.29, 0.717) is 13.1 Å². The van der Waals surface area contributed by atoms with Crippen molar-refractivity contribution in [3.05, 3.63) is 17.5 Å². The zero-order valence-corrected chi connectivity index (χ0v) is 14.3. The van der Waals surface area contributed by atoms with Crippen molar-refractivity contribution in [2.75, 3.05) is 19.3 Å². The molecule has 0 spiro atoms. The van der Waals surface area contributed by atoms with Crippen molar-refractivity contribution >= 4 is 15.9 Å². The number of nitrogens with zero attached hydrogens (tertiary/aromatic N) is 2. The molecular formula is C14H24N4O3S. The molecule has 0 aromatic carbocycles. The number of amides is 1. The molecule has 2 heterocycles. The Bertz CT molecular complexity index is 651. The fourth-order valence-corrected chi connectivity index (χ4v) is 3.97. The van der Waals surface area contributed by atoms with Crippen LogP contribution in [0.1, 0.15) is 44.0 Å². The third-order valence-electron chi connectivity index (χ3n) is 3.83. The van der Waals surface area contributed by atoms with Gasteiger partial charge in [0.25, 0.3) is 0 Å². The number of rotatable bonds is 4. The van der Waals surface area contributed by atoms with Crippen LogP contribution in [0.2, 0.25) is 0 Å². The number of piperidine rings is 1. The van der Waals surface area contributed by atoms with E-state index in [0.717, 1.165) is 30.5 Å². The summed E-state index contributed by atoms with van der Waals surface area (Å²) in [6.07, 6.45) is 2.93. The highest BCUT2D eigenvalue weighted by Gasteiger charge is 2.37. The number of nitrogens with one attached hydrogen (secondary N) is 2. The second-order valence-electron chi connectivity index (χ2n) is 6.57. The van der Waals surface area contributed by atoms with Crippen molar-refractivity contribution in [1.29, 1.82) is 0 Å². The fraction of sp³-hybridized carbons (Fsp3) is 0.714. The van der Waals surface area contributed by atoms with Crippen LogP contribution in [0.5, 0.6) is 0 Å². The van der Waals surface area contributed by atoms with E-state index in [-0.39, 0.29) is 11.8 Å². The molecular weight excluding hydrogens is 304 g/mol. The Morgan fingerprint density at radius 3 is 2.73 bits per heavy atom. The first-order chi connectivity index (χ1) is 10.1. The van der Waals surface area contributed by atoms with Crippen molar-refractivity contribution in [2.45, 2.75) is 45.1 Å². The predicted octanol–water partition coefficient (Wildman–Crippen LogP) is 0.752. The monoisotopic (exact) mass is 328 g/mol. The van der Waals surface area contributed by atoms with Gasteiger partial charge in [-0.2, -0.15) is 5.10 Å². The lowest BCUT2D eigenvalue weighted by molar-refractivity contribution is -0.137. The minimum atomic E-state index is -3.44. The first-order valence-electron chi connectivity index (χ1n) is 7.39. The van der Waals surface area contributed by atoms with E-state index in [1.54, 1.807) is 18.7 Å². The van der Waals surface area contributed by atoms with Crippen LogP contribution in [0, 0.1) is 6.92 Å². The molecule has 8 heteroatoms. The summed E-state index contributed by atoms with van der Waals surface area (Å²) in [7, 11) is -3.44. The highest BCUT2D eigenvalue weighted by atomic mass is 32.2. The van der Waals surface area contributed by atoms with Gasteiger partial charge in [0.05, 0.1) is 11.9 Å². The van der Waals surface area contributed by atoms with E-state index in [1.165, 1.54) is 0 Å². The molecule has 2 rings (SSSR count). The maximum Gasteiger partial charge on any atom is 0.243 e. The van der Waals surface area contributed by atoms with E-state index in [1.807, 2.05) is 13.0 Å². The van der Waals surface area contributed by atoms with Gasteiger partial charge in [0.1, 0.15) is 5.54 Å². The Kier molecular flexibility index (Phi) is 4.62. The molecule has 1 amide bonds. The van der Waals surface area contributed by atoms with Gasteiger partial charge in [-0.25, -0.2) is 13.1 Å². The summed E-state index contributed by atoms with van der Waals surface area (Å²) in [5, 5.41) is 7.21. The summed E-state index contributed by atoms with van der Waals surface area (Å²) in [5.74, 6) is -0.00781. The summed E-state index contributed by atoms with van der Waals surface area (Å²) >= 11 is 0. The van der Waals surface area contributed by atoms with Gasteiger partial charge in [-0.15, -0.1) is 0 Å².